The van der Waals surface area contributed by atoms with Gasteiger partial charge in [0.25, 0.3) is 0 Å². The second-order valence-electron chi connectivity index (χ2n) is 6.12. The Balaban J connectivity index is 1.59. The summed E-state index contributed by atoms with van der Waals surface area (Å²) in [6.45, 7) is 1.24. The maximum absolute atomic E-state index is 11.9. The van der Waals surface area contributed by atoms with Crippen LogP contribution in [0.15, 0.2) is 46.2 Å². The number of oxazole rings is 1. The molecule has 0 saturated carbocycles. The minimum absolute atomic E-state index is 0.0205. The van der Waals surface area contributed by atoms with E-state index in [9.17, 15) is 8.42 Å². The second-order valence-corrected chi connectivity index (χ2v) is 9.38. The highest BCUT2D eigenvalue weighted by atomic mass is 32.2. The number of fused-ring (bicyclic) bond motifs is 1. The van der Waals surface area contributed by atoms with Gasteiger partial charge in [-0.1, -0.05) is 18.2 Å². The highest BCUT2D eigenvalue weighted by Crippen LogP contribution is 2.24. The Morgan fingerprint density at radius 2 is 2.08 bits per heavy atom. The molecule has 24 heavy (non-hydrogen) atoms. The highest BCUT2D eigenvalue weighted by molar-refractivity contribution is 7.91. The fraction of sp³-hybridized carbons (Fsp3) is 0.353. The first kappa shape index (κ1) is 15.8. The first-order chi connectivity index (χ1) is 11.6. The molecule has 0 bridgehead atoms. The fourth-order valence-electron chi connectivity index (χ4n) is 3.14. The molecule has 0 aliphatic carbocycles. The second kappa shape index (κ2) is 6.31. The molecule has 3 aromatic rings. The van der Waals surface area contributed by atoms with Crippen molar-refractivity contribution < 1.29 is 12.8 Å². The highest BCUT2D eigenvalue weighted by Gasteiger charge is 2.33. The molecular weight excluding hydrogens is 344 g/mol. The summed E-state index contributed by atoms with van der Waals surface area (Å²) in [5.74, 6) is 1.13. The van der Waals surface area contributed by atoms with E-state index in [1.165, 1.54) is 4.88 Å². The van der Waals surface area contributed by atoms with Crippen LogP contribution in [0.5, 0.6) is 0 Å². The Labute approximate surface area is 144 Å². The van der Waals surface area contributed by atoms with Gasteiger partial charge >= 0.3 is 0 Å². The zero-order valence-electron chi connectivity index (χ0n) is 13.1. The van der Waals surface area contributed by atoms with Gasteiger partial charge in [0.2, 0.25) is 5.89 Å². The summed E-state index contributed by atoms with van der Waals surface area (Å²) in [5.41, 5.74) is 1.60. The quantitative estimate of drug-likeness (QED) is 0.698. The van der Waals surface area contributed by atoms with Gasteiger partial charge in [-0.25, -0.2) is 13.4 Å². The van der Waals surface area contributed by atoms with E-state index in [-0.39, 0.29) is 17.5 Å². The summed E-state index contributed by atoms with van der Waals surface area (Å²) in [4.78, 5) is 7.93. The molecule has 0 N–H and O–H groups in total. The zero-order chi connectivity index (χ0) is 16.6. The van der Waals surface area contributed by atoms with Crippen LogP contribution in [-0.2, 0) is 22.9 Å². The summed E-state index contributed by atoms with van der Waals surface area (Å²) in [7, 11) is -2.93. The molecule has 0 radical (unpaired) electrons. The van der Waals surface area contributed by atoms with Gasteiger partial charge in [0.05, 0.1) is 18.1 Å². The van der Waals surface area contributed by atoms with Crippen molar-refractivity contribution in [1.82, 2.24) is 9.88 Å². The van der Waals surface area contributed by atoms with Crippen molar-refractivity contribution in [3.05, 3.63) is 52.5 Å². The van der Waals surface area contributed by atoms with Crippen molar-refractivity contribution in [3.63, 3.8) is 0 Å². The first-order valence-corrected chi connectivity index (χ1v) is 10.6. The van der Waals surface area contributed by atoms with Crippen LogP contribution >= 0.6 is 11.3 Å². The van der Waals surface area contributed by atoms with Crippen LogP contribution in [-0.4, -0.2) is 35.8 Å². The number of thiophene rings is 1. The molecule has 4 rings (SSSR count). The summed E-state index contributed by atoms with van der Waals surface area (Å²) in [6, 6.07) is 11.8. The maximum Gasteiger partial charge on any atom is 0.209 e. The number of nitrogens with zero attached hydrogens (tertiary/aromatic N) is 2. The van der Waals surface area contributed by atoms with E-state index in [0.29, 0.717) is 18.9 Å². The standard InChI is InChI=1S/C17H18N2O3S2/c20-24(21)9-7-13(12-24)19(10-14-4-3-8-23-14)11-17-18-15-5-1-2-6-16(15)22-17/h1-6,8,13H,7,9-12H2/t13-/m0/s1. The number of benzene rings is 1. The van der Waals surface area contributed by atoms with E-state index in [0.717, 1.165) is 17.6 Å². The van der Waals surface area contributed by atoms with E-state index in [4.69, 9.17) is 4.42 Å². The lowest BCUT2D eigenvalue weighted by atomic mass is 10.2. The molecule has 3 heterocycles. The monoisotopic (exact) mass is 362 g/mol. The summed E-state index contributed by atoms with van der Waals surface area (Å²) in [6.07, 6.45) is 0.675. The van der Waals surface area contributed by atoms with Gasteiger partial charge in [0.1, 0.15) is 5.52 Å². The molecule has 1 aliphatic heterocycles. The van der Waals surface area contributed by atoms with Crippen molar-refractivity contribution in [2.24, 2.45) is 0 Å². The lowest BCUT2D eigenvalue weighted by Crippen LogP contribution is -2.35. The maximum atomic E-state index is 11.9. The topological polar surface area (TPSA) is 63.4 Å². The predicted octanol–water partition coefficient (Wildman–Crippen LogP) is 3.08. The van der Waals surface area contributed by atoms with Crippen molar-refractivity contribution in [2.75, 3.05) is 11.5 Å². The Morgan fingerprint density at radius 3 is 2.79 bits per heavy atom. The third-order valence-corrected chi connectivity index (χ3v) is 6.95. The number of rotatable bonds is 5. The summed E-state index contributed by atoms with van der Waals surface area (Å²) in [5, 5.41) is 2.04. The molecular formula is C17H18N2O3S2. The summed E-state index contributed by atoms with van der Waals surface area (Å²) >= 11 is 1.68. The summed E-state index contributed by atoms with van der Waals surface area (Å²) < 4.78 is 29.6. The van der Waals surface area contributed by atoms with E-state index in [2.05, 4.69) is 16.0 Å². The van der Waals surface area contributed by atoms with Gasteiger partial charge in [-0.2, -0.15) is 0 Å². The number of sulfone groups is 1. The molecule has 126 valence electrons. The van der Waals surface area contributed by atoms with Crippen molar-refractivity contribution in [1.29, 1.82) is 0 Å². The van der Waals surface area contributed by atoms with Crippen LogP contribution in [0.1, 0.15) is 17.2 Å². The number of hydrogen-bond donors (Lipinski definition) is 0. The molecule has 0 amide bonds. The van der Waals surface area contributed by atoms with E-state index in [1.807, 2.05) is 35.7 Å². The average molecular weight is 362 g/mol. The van der Waals surface area contributed by atoms with Crippen LogP contribution in [0, 0.1) is 0 Å². The van der Waals surface area contributed by atoms with E-state index in [1.54, 1.807) is 11.3 Å². The lowest BCUT2D eigenvalue weighted by molar-refractivity contribution is 0.179. The predicted molar refractivity (Wildman–Crippen MR) is 94.6 cm³/mol. The lowest BCUT2D eigenvalue weighted by Gasteiger charge is -2.26. The third-order valence-electron chi connectivity index (χ3n) is 4.34. The number of aromatic nitrogens is 1. The van der Waals surface area contributed by atoms with Gasteiger partial charge < -0.3 is 4.42 Å². The third kappa shape index (κ3) is 3.38. The van der Waals surface area contributed by atoms with Crippen LogP contribution in [0.2, 0.25) is 0 Å². The van der Waals surface area contributed by atoms with Crippen molar-refractivity contribution in [2.45, 2.75) is 25.6 Å². The molecule has 5 nitrogen and oxygen atoms in total. The molecule has 1 atom stereocenters. The van der Waals surface area contributed by atoms with Crippen LogP contribution in [0.3, 0.4) is 0 Å². The molecule has 0 spiro atoms. The number of para-hydroxylation sites is 2. The van der Waals surface area contributed by atoms with Crippen LogP contribution in [0.25, 0.3) is 11.1 Å². The first-order valence-electron chi connectivity index (χ1n) is 7.90. The van der Waals surface area contributed by atoms with E-state index < -0.39 is 9.84 Å². The molecule has 1 aromatic carbocycles. The Kier molecular flexibility index (Phi) is 4.15. The minimum atomic E-state index is -2.93. The zero-order valence-corrected chi connectivity index (χ0v) is 14.7. The number of hydrogen-bond acceptors (Lipinski definition) is 6. The Morgan fingerprint density at radius 1 is 1.21 bits per heavy atom. The average Bonchev–Trinajstić information content (AvgIpc) is 3.25. The van der Waals surface area contributed by atoms with Gasteiger partial charge in [-0.05, 0) is 30.0 Å². The Hall–Kier alpha value is -1.70. The van der Waals surface area contributed by atoms with Crippen molar-refractivity contribution in [3.8, 4) is 0 Å². The molecule has 1 fully saturated rings. The van der Waals surface area contributed by atoms with Crippen LogP contribution in [0.4, 0.5) is 0 Å². The molecule has 2 aromatic heterocycles. The molecule has 7 heteroatoms. The fourth-order valence-corrected chi connectivity index (χ4v) is 5.63. The van der Waals surface area contributed by atoms with E-state index >= 15 is 0 Å². The molecule has 0 unspecified atom stereocenters. The smallest absolute Gasteiger partial charge is 0.209 e. The van der Waals surface area contributed by atoms with Gasteiger partial charge in [-0.3, -0.25) is 4.90 Å². The van der Waals surface area contributed by atoms with Crippen molar-refractivity contribution >= 4 is 32.3 Å². The SMILES string of the molecule is O=S1(=O)CC[C@H](N(Cc2nc3ccccc3o2)Cc2cccs2)C1. The van der Waals surface area contributed by atoms with Gasteiger partial charge in [0.15, 0.2) is 15.4 Å². The molecule has 1 saturated heterocycles. The normalized spacial score (nSPS) is 20.1. The minimum Gasteiger partial charge on any atom is -0.439 e. The molecule has 1 aliphatic rings. The largest absolute Gasteiger partial charge is 0.439 e. The van der Waals surface area contributed by atoms with Gasteiger partial charge in [0, 0.05) is 17.5 Å². The van der Waals surface area contributed by atoms with Gasteiger partial charge in [-0.15, -0.1) is 11.3 Å². The Bertz CT molecular complexity index is 899. The van der Waals surface area contributed by atoms with Crippen LogP contribution < -0.4 is 0 Å².